The second-order valence-corrected chi connectivity index (χ2v) is 26.5. The zero-order valence-corrected chi connectivity index (χ0v) is 48.9. The van der Waals surface area contributed by atoms with E-state index in [2.05, 4.69) is 302 Å². The Balaban J connectivity index is 0.965. The summed E-state index contributed by atoms with van der Waals surface area (Å²) in [5.74, 6) is 0. The summed E-state index contributed by atoms with van der Waals surface area (Å²) in [4.78, 5) is 0. The van der Waals surface area contributed by atoms with Crippen LogP contribution in [0.25, 0.3) is 175 Å². The Morgan fingerprint density at radius 3 is 1.23 bits per heavy atom. The highest BCUT2D eigenvalue weighted by Gasteiger charge is 2.30. The van der Waals surface area contributed by atoms with Gasteiger partial charge >= 0.3 is 0 Å². The number of benzene rings is 13. The number of aromatic nitrogens is 4. The number of hydrogen-bond acceptors (Lipinski definition) is 0. The van der Waals surface area contributed by atoms with Crippen LogP contribution in [0.4, 0.5) is 0 Å². The highest BCUT2D eigenvalue weighted by molar-refractivity contribution is 6.34. The van der Waals surface area contributed by atoms with Crippen molar-refractivity contribution in [3.05, 3.63) is 254 Å². The molecule has 0 saturated heterocycles. The normalized spacial score (nSPS) is 13.0. The highest BCUT2D eigenvalue weighted by atomic mass is 15.0. The molecule has 0 unspecified atom stereocenters. The third kappa shape index (κ3) is 6.32. The Hall–Kier alpha value is -10.4. The van der Waals surface area contributed by atoms with E-state index in [4.69, 9.17) is 0 Å². The summed E-state index contributed by atoms with van der Waals surface area (Å²) in [5, 5.41) is 20.4. The van der Waals surface area contributed by atoms with Crippen LogP contribution in [-0.2, 0) is 10.8 Å². The fraction of sp³-hybridized carbons (Fsp3) is 0.0976. The van der Waals surface area contributed by atoms with Crippen molar-refractivity contribution in [3.8, 4) is 33.6 Å². The molecule has 0 aliphatic rings. The van der Waals surface area contributed by atoms with Gasteiger partial charge in [-0.05, 0) is 164 Å². The van der Waals surface area contributed by atoms with Crippen LogP contribution >= 0.6 is 0 Å². The Morgan fingerprint density at radius 1 is 0.256 bits per heavy atom. The predicted molar refractivity (Wildman–Crippen MR) is 368 cm³/mol. The van der Waals surface area contributed by atoms with Crippen molar-refractivity contribution in [1.29, 1.82) is 0 Å². The van der Waals surface area contributed by atoms with Crippen LogP contribution in [-0.4, -0.2) is 17.9 Å². The van der Waals surface area contributed by atoms with E-state index in [1.807, 2.05) is 0 Å². The summed E-state index contributed by atoms with van der Waals surface area (Å²) >= 11 is 0. The van der Waals surface area contributed by atoms with Gasteiger partial charge in [0.25, 0.3) is 0 Å². The van der Waals surface area contributed by atoms with Crippen molar-refractivity contribution in [3.63, 3.8) is 0 Å². The third-order valence-electron chi connectivity index (χ3n) is 19.6. The van der Waals surface area contributed by atoms with Crippen molar-refractivity contribution in [2.24, 2.45) is 0 Å². The fourth-order valence-corrected chi connectivity index (χ4v) is 15.6. The van der Waals surface area contributed by atoms with Gasteiger partial charge in [-0.1, -0.05) is 175 Å². The zero-order valence-electron chi connectivity index (χ0n) is 48.9. The van der Waals surface area contributed by atoms with Crippen LogP contribution in [0, 0.1) is 0 Å². The minimum Gasteiger partial charge on any atom is -0.309 e. The zero-order chi connectivity index (χ0) is 57.2. The quantitative estimate of drug-likeness (QED) is 0.167. The van der Waals surface area contributed by atoms with Crippen molar-refractivity contribution in [1.82, 2.24) is 17.9 Å². The lowest BCUT2D eigenvalue weighted by molar-refractivity contribution is 0.591. The smallest absolute Gasteiger partial charge is 0.0626 e. The van der Waals surface area contributed by atoms with Crippen molar-refractivity contribution in [2.45, 2.75) is 52.4 Å². The van der Waals surface area contributed by atoms with Crippen molar-refractivity contribution < 1.29 is 0 Å². The molecule has 0 spiro atoms. The van der Waals surface area contributed by atoms with Gasteiger partial charge in [-0.2, -0.15) is 0 Å². The van der Waals surface area contributed by atoms with Crippen LogP contribution in [0.3, 0.4) is 0 Å². The van der Waals surface area contributed by atoms with Crippen LogP contribution in [0.5, 0.6) is 0 Å². The summed E-state index contributed by atoms with van der Waals surface area (Å²) in [6.45, 7) is 14.2. The van der Waals surface area contributed by atoms with Crippen LogP contribution in [0.15, 0.2) is 243 Å². The molecule has 13 aromatic carbocycles. The maximum absolute atomic E-state index is 2.68. The molecule has 4 heteroatoms. The summed E-state index contributed by atoms with van der Waals surface area (Å²) in [6, 6.07) is 92.3. The van der Waals surface area contributed by atoms with Gasteiger partial charge < -0.3 is 17.9 Å². The first-order chi connectivity index (χ1) is 41.9. The molecule has 0 N–H and O–H groups in total. The standard InChI is InChI=1S/C82H58N4/c1-81(2,3)51-41-65-62-45-74-63(46-73(62)85-77(65)67(43-51)64-39-48-22-13-15-27-55(48)75(80(64)85)50-34-36-72-61(40-50)58-30-18-20-32-70(58)84(72)54-25-11-8-12-26-54)66-42-52(82(4,5)6)44-68-76-56-28-16-14-21-47(56)37-59(79(76)86(74)78(66)68)49-33-35-71-60(38-49)57-29-17-19-31-69(57)83(71)53-23-9-7-10-24-53/h7-46H,1-6H3. The molecular weight excluding hydrogens is 1040 g/mol. The van der Waals surface area contributed by atoms with E-state index in [-0.39, 0.29) is 10.8 Å². The Morgan fingerprint density at radius 2 is 0.663 bits per heavy atom. The van der Waals surface area contributed by atoms with Crippen molar-refractivity contribution >= 4 is 141 Å². The number of rotatable bonds is 4. The number of para-hydroxylation sites is 4. The molecule has 0 aliphatic carbocycles. The fourth-order valence-electron chi connectivity index (χ4n) is 15.6. The topological polar surface area (TPSA) is 18.7 Å². The highest BCUT2D eigenvalue weighted by Crippen LogP contribution is 2.52. The van der Waals surface area contributed by atoms with Crippen LogP contribution in [0.2, 0.25) is 0 Å². The van der Waals surface area contributed by atoms with Gasteiger partial charge in [-0.15, -0.1) is 0 Å². The molecule has 6 heterocycles. The van der Waals surface area contributed by atoms with E-state index in [0.29, 0.717) is 0 Å². The Bertz CT molecular complexity index is 6090. The number of nitrogens with zero attached hydrogens (tertiary/aromatic N) is 4. The molecule has 4 nitrogen and oxygen atoms in total. The second kappa shape index (κ2) is 16.7. The molecule has 0 atom stereocenters. The molecule has 86 heavy (non-hydrogen) atoms. The SMILES string of the molecule is CC(C)(C)c1cc2c3cc4c(cc3n3c5c(-c6ccc7c(c6)c6ccccc6n7-c6ccccc6)c6ccccc6cc5c(c1)c23)c1cc(C(C)(C)C)cc2c3c5ccccc5cc(-c5ccc6c(c5)c5ccccc5n6-c5ccccc5)c3n4c12. The first-order valence-corrected chi connectivity index (χ1v) is 30.4. The first-order valence-electron chi connectivity index (χ1n) is 30.4. The number of fused-ring (bicyclic) bond motifs is 21. The average Bonchev–Trinajstić information content (AvgIpc) is 1.53. The number of hydrogen-bond donors (Lipinski definition) is 0. The van der Waals surface area contributed by atoms with E-state index < -0.39 is 0 Å². The van der Waals surface area contributed by atoms with Gasteiger partial charge in [-0.25, -0.2) is 0 Å². The van der Waals surface area contributed by atoms with E-state index in [1.54, 1.807) is 0 Å². The minimum atomic E-state index is -0.114. The lowest BCUT2D eigenvalue weighted by atomic mass is 9.84. The maximum Gasteiger partial charge on any atom is 0.0626 e. The molecule has 19 aromatic rings. The van der Waals surface area contributed by atoms with E-state index in [9.17, 15) is 0 Å². The van der Waals surface area contributed by atoms with Gasteiger partial charge in [0.1, 0.15) is 0 Å². The van der Waals surface area contributed by atoms with Gasteiger partial charge in [0.2, 0.25) is 0 Å². The molecule has 406 valence electrons. The summed E-state index contributed by atoms with van der Waals surface area (Å²) in [7, 11) is 0. The Kier molecular flexibility index (Phi) is 9.31. The first kappa shape index (κ1) is 48.0. The molecule has 6 aromatic heterocycles. The van der Waals surface area contributed by atoms with E-state index in [1.165, 1.54) is 175 Å². The molecular formula is C82H58N4. The second-order valence-electron chi connectivity index (χ2n) is 26.5. The van der Waals surface area contributed by atoms with E-state index >= 15 is 0 Å². The van der Waals surface area contributed by atoms with Gasteiger partial charge in [0, 0.05) is 87.1 Å². The molecule has 0 aliphatic heterocycles. The predicted octanol–water partition coefficient (Wildman–Crippen LogP) is 22.4. The van der Waals surface area contributed by atoms with Crippen molar-refractivity contribution in [2.75, 3.05) is 0 Å². The maximum atomic E-state index is 2.68. The lowest BCUT2D eigenvalue weighted by Crippen LogP contribution is -2.10. The molecule has 0 saturated carbocycles. The molecule has 0 bridgehead atoms. The van der Waals surface area contributed by atoms with E-state index in [0.717, 1.165) is 11.4 Å². The van der Waals surface area contributed by atoms with Gasteiger partial charge in [-0.3, -0.25) is 0 Å². The van der Waals surface area contributed by atoms with Gasteiger partial charge in [0.15, 0.2) is 0 Å². The summed E-state index contributed by atoms with van der Waals surface area (Å²) < 4.78 is 10.2. The molecule has 0 radical (unpaired) electrons. The van der Waals surface area contributed by atoms with Crippen LogP contribution < -0.4 is 0 Å². The Labute approximate surface area is 496 Å². The lowest BCUT2D eigenvalue weighted by Gasteiger charge is -2.19. The largest absolute Gasteiger partial charge is 0.309 e. The third-order valence-corrected chi connectivity index (χ3v) is 19.6. The molecule has 0 fully saturated rings. The molecule has 0 amide bonds. The average molecular weight is 1100 g/mol. The van der Waals surface area contributed by atoms with Crippen LogP contribution in [0.1, 0.15) is 52.7 Å². The summed E-state index contributed by atoms with van der Waals surface area (Å²) in [5.41, 5.74) is 22.1. The minimum absolute atomic E-state index is 0.108. The summed E-state index contributed by atoms with van der Waals surface area (Å²) in [6.07, 6.45) is 0. The van der Waals surface area contributed by atoms with Gasteiger partial charge in [0.05, 0.1) is 55.2 Å². The monoisotopic (exact) mass is 1100 g/mol. The molecule has 19 rings (SSSR count).